The Hall–Kier alpha value is -1.72. The van der Waals surface area contributed by atoms with Crippen molar-refractivity contribution in [2.75, 3.05) is 13.2 Å². The minimum absolute atomic E-state index is 0.0239. The van der Waals surface area contributed by atoms with E-state index in [0.717, 1.165) is 0 Å². The quantitative estimate of drug-likeness (QED) is 0.678. The molecule has 0 spiro atoms. The molecule has 0 heterocycles. The Morgan fingerprint density at radius 3 is 2.38 bits per heavy atom. The van der Waals surface area contributed by atoms with Gasteiger partial charge in [0.05, 0.1) is 6.61 Å². The van der Waals surface area contributed by atoms with Gasteiger partial charge in [0.1, 0.15) is 23.7 Å². The van der Waals surface area contributed by atoms with Crippen LogP contribution in [0.2, 0.25) is 0 Å². The number of hydrogen-bond donors (Lipinski definition) is 2. The average molecular weight is 294 g/mol. The summed E-state index contributed by atoms with van der Waals surface area (Å²) in [7, 11) is 0. The third-order valence-corrected chi connectivity index (χ3v) is 3.25. The van der Waals surface area contributed by atoms with Crippen molar-refractivity contribution >= 4 is 11.6 Å². The zero-order chi connectivity index (χ0) is 15.9. The Balaban J connectivity index is 2.70. The van der Waals surface area contributed by atoms with Gasteiger partial charge >= 0.3 is 0 Å². The van der Waals surface area contributed by atoms with Crippen LogP contribution in [0.1, 0.15) is 43.5 Å². The molecule has 0 aromatic heterocycles. The predicted octanol–water partition coefficient (Wildman–Crippen LogP) is 1.75. The number of aliphatic hydroxyl groups is 2. The molecule has 1 aromatic carbocycles. The van der Waals surface area contributed by atoms with Gasteiger partial charge in [0.25, 0.3) is 0 Å². The van der Waals surface area contributed by atoms with E-state index in [1.807, 2.05) is 0 Å². The van der Waals surface area contributed by atoms with Crippen LogP contribution in [0, 0.1) is 0 Å². The lowest BCUT2D eigenvalue weighted by molar-refractivity contribution is -0.119. The van der Waals surface area contributed by atoms with Crippen LogP contribution in [-0.4, -0.2) is 40.6 Å². The van der Waals surface area contributed by atoms with E-state index < -0.39 is 11.4 Å². The van der Waals surface area contributed by atoms with Gasteiger partial charge < -0.3 is 14.9 Å². The SMILES string of the molecule is CCC(=O)CCC(C)(O)C(=O)c1ccc(OCCO)cc1. The fourth-order valence-corrected chi connectivity index (χ4v) is 1.85. The summed E-state index contributed by atoms with van der Waals surface area (Å²) in [4.78, 5) is 23.6. The molecule has 0 saturated heterocycles. The number of Topliss-reactive ketones (excluding diaryl/α,β-unsaturated/α-hetero) is 2. The minimum atomic E-state index is -1.56. The molecule has 1 rings (SSSR count). The Labute approximate surface area is 124 Å². The summed E-state index contributed by atoms with van der Waals surface area (Å²) in [6.07, 6.45) is 0.704. The molecular weight excluding hydrogens is 272 g/mol. The van der Waals surface area contributed by atoms with Gasteiger partial charge in [-0.1, -0.05) is 6.92 Å². The molecule has 0 saturated carbocycles. The fourth-order valence-electron chi connectivity index (χ4n) is 1.85. The molecule has 1 unspecified atom stereocenters. The molecule has 0 aliphatic heterocycles. The van der Waals surface area contributed by atoms with Crippen LogP contribution in [0.4, 0.5) is 0 Å². The molecule has 1 aromatic rings. The number of carbonyl (C=O) groups excluding carboxylic acids is 2. The highest BCUT2D eigenvalue weighted by Crippen LogP contribution is 2.21. The van der Waals surface area contributed by atoms with Gasteiger partial charge in [-0.15, -0.1) is 0 Å². The van der Waals surface area contributed by atoms with E-state index >= 15 is 0 Å². The maximum Gasteiger partial charge on any atom is 0.194 e. The first-order valence-corrected chi connectivity index (χ1v) is 7.03. The Morgan fingerprint density at radius 2 is 1.86 bits per heavy atom. The third kappa shape index (κ3) is 5.28. The van der Waals surface area contributed by atoms with E-state index in [0.29, 0.717) is 17.7 Å². The largest absolute Gasteiger partial charge is 0.491 e. The second-order valence-electron chi connectivity index (χ2n) is 5.09. The number of aliphatic hydroxyl groups excluding tert-OH is 1. The first-order valence-electron chi connectivity index (χ1n) is 7.03. The number of ether oxygens (including phenoxy) is 1. The molecule has 1 atom stereocenters. The van der Waals surface area contributed by atoms with E-state index in [-0.39, 0.29) is 31.8 Å². The lowest BCUT2D eigenvalue weighted by Gasteiger charge is -2.21. The fraction of sp³-hybridized carbons (Fsp3) is 0.500. The molecule has 0 aliphatic rings. The number of benzene rings is 1. The van der Waals surface area contributed by atoms with Crippen molar-refractivity contribution in [1.29, 1.82) is 0 Å². The van der Waals surface area contributed by atoms with E-state index in [4.69, 9.17) is 9.84 Å². The zero-order valence-corrected chi connectivity index (χ0v) is 12.5. The van der Waals surface area contributed by atoms with Crippen molar-refractivity contribution < 1.29 is 24.5 Å². The smallest absolute Gasteiger partial charge is 0.194 e. The zero-order valence-electron chi connectivity index (χ0n) is 12.5. The lowest BCUT2D eigenvalue weighted by atomic mass is 9.89. The van der Waals surface area contributed by atoms with Gasteiger partial charge in [0, 0.05) is 18.4 Å². The summed E-state index contributed by atoms with van der Waals surface area (Å²) in [5.41, 5.74) is -1.20. The summed E-state index contributed by atoms with van der Waals surface area (Å²) < 4.78 is 5.20. The molecular formula is C16H22O5. The Morgan fingerprint density at radius 1 is 1.24 bits per heavy atom. The standard InChI is InChI=1S/C16H22O5/c1-3-13(18)8-9-16(2,20)15(19)12-4-6-14(7-5-12)21-11-10-17/h4-7,17,20H,3,8-11H2,1-2H3. The maximum absolute atomic E-state index is 12.3. The summed E-state index contributed by atoms with van der Waals surface area (Å²) in [6, 6.07) is 6.34. The maximum atomic E-state index is 12.3. The van der Waals surface area contributed by atoms with Gasteiger partial charge in [-0.3, -0.25) is 9.59 Å². The minimum Gasteiger partial charge on any atom is -0.491 e. The highest BCUT2D eigenvalue weighted by Gasteiger charge is 2.31. The molecule has 0 fully saturated rings. The third-order valence-electron chi connectivity index (χ3n) is 3.25. The molecule has 0 amide bonds. The molecule has 21 heavy (non-hydrogen) atoms. The first-order chi connectivity index (χ1) is 9.90. The first kappa shape index (κ1) is 17.3. The molecule has 2 N–H and O–H groups in total. The van der Waals surface area contributed by atoms with Gasteiger partial charge in [-0.05, 0) is 37.6 Å². The lowest BCUT2D eigenvalue weighted by Crippen LogP contribution is -2.35. The van der Waals surface area contributed by atoms with Crippen molar-refractivity contribution in [3.63, 3.8) is 0 Å². The van der Waals surface area contributed by atoms with Crippen LogP contribution in [0.25, 0.3) is 0 Å². The molecule has 0 bridgehead atoms. The van der Waals surface area contributed by atoms with Crippen LogP contribution in [-0.2, 0) is 4.79 Å². The van der Waals surface area contributed by atoms with Gasteiger partial charge in [0.15, 0.2) is 5.78 Å². The van der Waals surface area contributed by atoms with Crippen LogP contribution in [0.5, 0.6) is 5.75 Å². The summed E-state index contributed by atoms with van der Waals surface area (Å²) in [5.74, 6) is 0.150. The number of hydrogen-bond acceptors (Lipinski definition) is 5. The summed E-state index contributed by atoms with van der Waals surface area (Å²) in [5, 5.41) is 18.9. The second-order valence-corrected chi connectivity index (χ2v) is 5.09. The number of carbonyl (C=O) groups is 2. The molecule has 5 heteroatoms. The molecule has 0 radical (unpaired) electrons. The van der Waals surface area contributed by atoms with Crippen LogP contribution in [0.15, 0.2) is 24.3 Å². The predicted molar refractivity (Wildman–Crippen MR) is 78.5 cm³/mol. The van der Waals surface area contributed by atoms with Crippen molar-refractivity contribution in [1.82, 2.24) is 0 Å². The Bertz CT molecular complexity index is 476. The average Bonchev–Trinajstić information content (AvgIpc) is 2.50. The Kier molecular flexibility index (Phi) is 6.52. The number of ketones is 2. The molecule has 0 aliphatic carbocycles. The molecule has 5 nitrogen and oxygen atoms in total. The van der Waals surface area contributed by atoms with Crippen molar-refractivity contribution in [3.8, 4) is 5.75 Å². The van der Waals surface area contributed by atoms with Crippen molar-refractivity contribution in [2.24, 2.45) is 0 Å². The van der Waals surface area contributed by atoms with E-state index in [2.05, 4.69) is 0 Å². The van der Waals surface area contributed by atoms with E-state index in [1.54, 1.807) is 31.2 Å². The van der Waals surface area contributed by atoms with Gasteiger partial charge in [-0.25, -0.2) is 0 Å². The van der Waals surface area contributed by atoms with Crippen LogP contribution in [0.3, 0.4) is 0 Å². The van der Waals surface area contributed by atoms with Crippen LogP contribution < -0.4 is 4.74 Å². The highest BCUT2D eigenvalue weighted by atomic mass is 16.5. The monoisotopic (exact) mass is 294 g/mol. The summed E-state index contributed by atoms with van der Waals surface area (Å²) in [6.45, 7) is 3.28. The molecule has 116 valence electrons. The van der Waals surface area contributed by atoms with Crippen LogP contribution >= 0.6 is 0 Å². The summed E-state index contributed by atoms with van der Waals surface area (Å²) >= 11 is 0. The van der Waals surface area contributed by atoms with Crippen molar-refractivity contribution in [2.45, 2.75) is 38.7 Å². The van der Waals surface area contributed by atoms with Crippen molar-refractivity contribution in [3.05, 3.63) is 29.8 Å². The highest BCUT2D eigenvalue weighted by molar-refractivity contribution is 6.02. The normalized spacial score (nSPS) is 13.5. The van der Waals surface area contributed by atoms with Gasteiger partial charge in [0.2, 0.25) is 0 Å². The van der Waals surface area contributed by atoms with E-state index in [9.17, 15) is 14.7 Å². The topological polar surface area (TPSA) is 83.8 Å². The second kappa shape index (κ2) is 7.90. The van der Waals surface area contributed by atoms with E-state index in [1.165, 1.54) is 6.92 Å². The number of rotatable bonds is 9. The van der Waals surface area contributed by atoms with Gasteiger partial charge in [-0.2, -0.15) is 0 Å².